The van der Waals surface area contributed by atoms with Crippen molar-refractivity contribution in [3.05, 3.63) is 23.0 Å². The molecule has 0 amide bonds. The Bertz CT molecular complexity index is 265. The SMILES string of the molecule is Cc1cc(CN(C)CCN)c(C)[nH]1. The molecule has 0 aliphatic carbocycles. The van der Waals surface area contributed by atoms with Gasteiger partial charge in [0.25, 0.3) is 0 Å². The lowest BCUT2D eigenvalue weighted by molar-refractivity contribution is 0.336. The van der Waals surface area contributed by atoms with Crippen molar-refractivity contribution in [3.63, 3.8) is 0 Å². The van der Waals surface area contributed by atoms with Crippen LogP contribution in [0.25, 0.3) is 0 Å². The van der Waals surface area contributed by atoms with Crippen LogP contribution in [-0.4, -0.2) is 30.0 Å². The van der Waals surface area contributed by atoms with Crippen LogP contribution in [0.1, 0.15) is 17.0 Å². The molecule has 0 fully saturated rings. The van der Waals surface area contributed by atoms with Crippen molar-refractivity contribution in [2.75, 3.05) is 20.1 Å². The van der Waals surface area contributed by atoms with E-state index in [0.717, 1.165) is 19.6 Å². The van der Waals surface area contributed by atoms with E-state index in [1.54, 1.807) is 0 Å². The summed E-state index contributed by atoms with van der Waals surface area (Å²) in [6, 6.07) is 2.20. The molecule has 0 atom stereocenters. The minimum Gasteiger partial charge on any atom is -0.362 e. The molecule has 0 radical (unpaired) electrons. The van der Waals surface area contributed by atoms with E-state index >= 15 is 0 Å². The van der Waals surface area contributed by atoms with E-state index in [9.17, 15) is 0 Å². The summed E-state index contributed by atoms with van der Waals surface area (Å²) >= 11 is 0. The number of hydrogen-bond acceptors (Lipinski definition) is 2. The van der Waals surface area contributed by atoms with Crippen LogP contribution in [0.2, 0.25) is 0 Å². The summed E-state index contributed by atoms with van der Waals surface area (Å²) < 4.78 is 0. The van der Waals surface area contributed by atoms with Gasteiger partial charge in [-0.2, -0.15) is 0 Å². The lowest BCUT2D eigenvalue weighted by Gasteiger charge is -2.14. The zero-order valence-electron chi connectivity index (χ0n) is 8.72. The Balaban J connectivity index is 2.57. The zero-order chi connectivity index (χ0) is 9.84. The first kappa shape index (κ1) is 10.3. The van der Waals surface area contributed by atoms with Gasteiger partial charge in [-0.3, -0.25) is 0 Å². The lowest BCUT2D eigenvalue weighted by atomic mass is 10.2. The van der Waals surface area contributed by atoms with E-state index in [2.05, 4.69) is 36.8 Å². The predicted octanol–water partition coefficient (Wildman–Crippen LogP) is 1.02. The highest BCUT2D eigenvalue weighted by Gasteiger charge is 2.04. The molecule has 1 aromatic heterocycles. The van der Waals surface area contributed by atoms with Crippen LogP contribution in [0, 0.1) is 13.8 Å². The molecule has 0 bridgehead atoms. The number of H-pyrrole nitrogens is 1. The number of aromatic nitrogens is 1. The molecule has 0 aliphatic heterocycles. The Labute approximate surface area is 79.9 Å². The number of hydrogen-bond donors (Lipinski definition) is 2. The van der Waals surface area contributed by atoms with Gasteiger partial charge in [0.1, 0.15) is 0 Å². The van der Waals surface area contributed by atoms with E-state index < -0.39 is 0 Å². The lowest BCUT2D eigenvalue weighted by Crippen LogP contribution is -2.25. The number of nitrogens with one attached hydrogen (secondary N) is 1. The fourth-order valence-corrected chi connectivity index (χ4v) is 1.54. The topological polar surface area (TPSA) is 45.0 Å². The smallest absolute Gasteiger partial charge is 0.0248 e. The number of aromatic amines is 1. The van der Waals surface area contributed by atoms with Crippen LogP contribution < -0.4 is 5.73 Å². The van der Waals surface area contributed by atoms with Crippen molar-refractivity contribution in [2.45, 2.75) is 20.4 Å². The summed E-state index contributed by atoms with van der Waals surface area (Å²) in [6.07, 6.45) is 0. The third-order valence-electron chi connectivity index (χ3n) is 2.21. The molecule has 0 spiro atoms. The van der Waals surface area contributed by atoms with Crippen LogP contribution in [0.15, 0.2) is 6.07 Å². The van der Waals surface area contributed by atoms with E-state index in [0.29, 0.717) is 0 Å². The average Bonchev–Trinajstić information content (AvgIpc) is 2.30. The van der Waals surface area contributed by atoms with E-state index in [-0.39, 0.29) is 0 Å². The molecule has 0 aromatic carbocycles. The van der Waals surface area contributed by atoms with Crippen LogP contribution in [0.5, 0.6) is 0 Å². The molecule has 1 heterocycles. The van der Waals surface area contributed by atoms with Crippen LogP contribution in [-0.2, 0) is 6.54 Å². The number of nitrogens with zero attached hydrogens (tertiary/aromatic N) is 1. The first-order valence-electron chi connectivity index (χ1n) is 4.67. The maximum Gasteiger partial charge on any atom is 0.0248 e. The van der Waals surface area contributed by atoms with E-state index in [4.69, 9.17) is 5.73 Å². The fourth-order valence-electron chi connectivity index (χ4n) is 1.54. The van der Waals surface area contributed by atoms with Gasteiger partial charge in [-0.05, 0) is 32.5 Å². The molecular formula is C10H19N3. The highest BCUT2D eigenvalue weighted by Crippen LogP contribution is 2.10. The Morgan fingerprint density at radius 2 is 2.15 bits per heavy atom. The van der Waals surface area contributed by atoms with Crippen molar-refractivity contribution in [3.8, 4) is 0 Å². The Morgan fingerprint density at radius 3 is 2.62 bits per heavy atom. The summed E-state index contributed by atoms with van der Waals surface area (Å²) in [6.45, 7) is 6.84. The molecule has 74 valence electrons. The molecule has 1 rings (SSSR count). The van der Waals surface area contributed by atoms with Crippen molar-refractivity contribution >= 4 is 0 Å². The predicted molar refractivity (Wildman–Crippen MR) is 55.7 cm³/mol. The van der Waals surface area contributed by atoms with Gasteiger partial charge in [0, 0.05) is 31.0 Å². The van der Waals surface area contributed by atoms with Gasteiger partial charge >= 0.3 is 0 Å². The van der Waals surface area contributed by atoms with Crippen molar-refractivity contribution in [1.29, 1.82) is 0 Å². The maximum atomic E-state index is 5.48. The second-order valence-corrected chi connectivity index (χ2v) is 3.63. The standard InChI is InChI=1S/C10H19N3/c1-8-6-10(9(2)12-8)7-13(3)5-4-11/h6,12H,4-5,7,11H2,1-3H3. The molecule has 0 aliphatic rings. The number of likely N-dealkylation sites (N-methyl/N-ethyl adjacent to an activating group) is 1. The van der Waals surface area contributed by atoms with Gasteiger partial charge < -0.3 is 15.6 Å². The maximum absolute atomic E-state index is 5.48. The monoisotopic (exact) mass is 181 g/mol. The minimum atomic E-state index is 0.721. The first-order chi connectivity index (χ1) is 6.13. The quantitative estimate of drug-likeness (QED) is 0.728. The van der Waals surface area contributed by atoms with E-state index in [1.807, 2.05) is 0 Å². The molecule has 0 saturated heterocycles. The summed E-state index contributed by atoms with van der Waals surface area (Å²) in [5, 5.41) is 0. The van der Waals surface area contributed by atoms with Gasteiger partial charge in [0.2, 0.25) is 0 Å². The largest absolute Gasteiger partial charge is 0.362 e. The molecule has 3 heteroatoms. The number of rotatable bonds is 4. The van der Waals surface area contributed by atoms with Gasteiger partial charge in [-0.15, -0.1) is 0 Å². The Kier molecular flexibility index (Phi) is 3.51. The van der Waals surface area contributed by atoms with Crippen LogP contribution in [0.3, 0.4) is 0 Å². The van der Waals surface area contributed by atoms with Gasteiger partial charge in [-0.1, -0.05) is 0 Å². The van der Waals surface area contributed by atoms with Gasteiger partial charge in [-0.25, -0.2) is 0 Å². The van der Waals surface area contributed by atoms with Crippen molar-refractivity contribution < 1.29 is 0 Å². The Morgan fingerprint density at radius 1 is 1.46 bits per heavy atom. The number of aryl methyl sites for hydroxylation is 2. The van der Waals surface area contributed by atoms with Crippen LogP contribution in [0.4, 0.5) is 0 Å². The van der Waals surface area contributed by atoms with Gasteiger partial charge in [0.05, 0.1) is 0 Å². The second kappa shape index (κ2) is 4.44. The second-order valence-electron chi connectivity index (χ2n) is 3.63. The molecular weight excluding hydrogens is 162 g/mol. The van der Waals surface area contributed by atoms with Crippen LogP contribution >= 0.6 is 0 Å². The van der Waals surface area contributed by atoms with Crippen molar-refractivity contribution in [1.82, 2.24) is 9.88 Å². The highest BCUT2D eigenvalue weighted by molar-refractivity contribution is 5.23. The summed E-state index contributed by atoms with van der Waals surface area (Å²) in [4.78, 5) is 5.53. The summed E-state index contributed by atoms with van der Waals surface area (Å²) in [7, 11) is 2.09. The minimum absolute atomic E-state index is 0.721. The van der Waals surface area contributed by atoms with E-state index in [1.165, 1.54) is 17.0 Å². The first-order valence-corrected chi connectivity index (χ1v) is 4.67. The van der Waals surface area contributed by atoms with Crippen molar-refractivity contribution in [2.24, 2.45) is 5.73 Å². The fraction of sp³-hybridized carbons (Fsp3) is 0.600. The molecule has 3 N–H and O–H groups in total. The van der Waals surface area contributed by atoms with Gasteiger partial charge in [0.15, 0.2) is 0 Å². The molecule has 3 nitrogen and oxygen atoms in total. The number of nitrogens with two attached hydrogens (primary N) is 1. The highest BCUT2D eigenvalue weighted by atomic mass is 15.1. The summed E-state index contributed by atoms with van der Waals surface area (Å²) in [5.41, 5.74) is 9.34. The average molecular weight is 181 g/mol. The molecule has 0 unspecified atom stereocenters. The Hall–Kier alpha value is -0.800. The molecule has 13 heavy (non-hydrogen) atoms. The molecule has 0 saturated carbocycles. The normalized spacial score (nSPS) is 11.2. The molecule has 1 aromatic rings. The summed E-state index contributed by atoms with van der Waals surface area (Å²) in [5.74, 6) is 0. The third-order valence-corrected chi connectivity index (χ3v) is 2.21. The zero-order valence-corrected chi connectivity index (χ0v) is 8.72. The third kappa shape index (κ3) is 2.86.